The summed E-state index contributed by atoms with van der Waals surface area (Å²) < 4.78 is 5.38. The van der Waals surface area contributed by atoms with Crippen LogP contribution in [0.15, 0.2) is 30.9 Å². The van der Waals surface area contributed by atoms with E-state index in [-0.39, 0.29) is 30.7 Å². The molecular weight excluding hydrogens is 296 g/mol. The van der Waals surface area contributed by atoms with E-state index in [9.17, 15) is 14.4 Å². The van der Waals surface area contributed by atoms with Crippen molar-refractivity contribution in [1.29, 1.82) is 0 Å². The number of hydrogen-bond donors (Lipinski definition) is 0. The molecule has 0 N–H and O–H groups in total. The lowest BCUT2D eigenvalue weighted by Gasteiger charge is -2.28. The molecule has 6 heteroatoms. The van der Waals surface area contributed by atoms with Gasteiger partial charge in [-0.15, -0.1) is 6.58 Å². The molecule has 1 aromatic carbocycles. The largest absolute Gasteiger partial charge is 0.482 e. The van der Waals surface area contributed by atoms with Crippen LogP contribution in [0, 0.1) is 0 Å². The van der Waals surface area contributed by atoms with E-state index in [0.717, 1.165) is 0 Å². The van der Waals surface area contributed by atoms with Gasteiger partial charge in [0.2, 0.25) is 5.91 Å². The zero-order valence-corrected chi connectivity index (χ0v) is 13.4. The molecule has 0 bridgehead atoms. The third-order valence-electron chi connectivity index (χ3n) is 3.67. The van der Waals surface area contributed by atoms with Gasteiger partial charge < -0.3 is 14.5 Å². The molecule has 0 aromatic heterocycles. The maximum absolute atomic E-state index is 12.4. The van der Waals surface area contributed by atoms with Gasteiger partial charge in [0, 0.05) is 25.6 Å². The molecule has 1 heterocycles. The number of benzene rings is 1. The van der Waals surface area contributed by atoms with Crippen molar-refractivity contribution in [3.63, 3.8) is 0 Å². The van der Waals surface area contributed by atoms with E-state index in [1.165, 1.54) is 11.8 Å². The van der Waals surface area contributed by atoms with Crippen molar-refractivity contribution in [2.45, 2.75) is 13.8 Å². The highest BCUT2D eigenvalue weighted by atomic mass is 16.5. The average Bonchev–Trinajstić information content (AvgIpc) is 2.53. The molecule has 1 aliphatic heterocycles. The Morgan fingerprint density at radius 1 is 1.43 bits per heavy atom. The molecule has 0 unspecified atom stereocenters. The van der Waals surface area contributed by atoms with E-state index in [4.69, 9.17) is 4.74 Å². The van der Waals surface area contributed by atoms with Crippen LogP contribution in [-0.2, 0) is 9.59 Å². The van der Waals surface area contributed by atoms with Gasteiger partial charge in [0.05, 0.1) is 12.2 Å². The van der Waals surface area contributed by atoms with Crippen LogP contribution in [0.5, 0.6) is 5.75 Å². The minimum Gasteiger partial charge on any atom is -0.482 e. The molecule has 2 rings (SSSR count). The van der Waals surface area contributed by atoms with Gasteiger partial charge in [0.25, 0.3) is 5.91 Å². The Balaban J connectivity index is 2.25. The van der Waals surface area contributed by atoms with E-state index in [2.05, 4.69) is 6.58 Å². The van der Waals surface area contributed by atoms with Crippen LogP contribution in [0.3, 0.4) is 0 Å². The number of carbonyl (C=O) groups is 3. The normalized spacial score (nSPS) is 13.1. The standard InChI is InChI=1S/C17H20N2O4/c1-4-8-18(12(3)20)10-15(21)13-6-7-16-14(9-13)19(5-2)17(22)11-23-16/h4,6-7,9H,1,5,8,10-11H2,2-3H3. The topological polar surface area (TPSA) is 66.9 Å². The number of likely N-dealkylation sites (N-methyl/N-ethyl adjacent to an activating group) is 1. The van der Waals surface area contributed by atoms with Gasteiger partial charge in [0.1, 0.15) is 5.75 Å². The molecule has 1 aromatic rings. The number of rotatable bonds is 6. The molecule has 0 radical (unpaired) electrons. The van der Waals surface area contributed by atoms with Crippen molar-refractivity contribution >= 4 is 23.3 Å². The van der Waals surface area contributed by atoms with E-state index < -0.39 is 0 Å². The maximum Gasteiger partial charge on any atom is 0.265 e. The molecule has 122 valence electrons. The Labute approximate surface area is 135 Å². The van der Waals surface area contributed by atoms with Crippen LogP contribution in [0.1, 0.15) is 24.2 Å². The number of nitrogens with zero attached hydrogens (tertiary/aromatic N) is 2. The fraction of sp³-hybridized carbons (Fsp3) is 0.353. The molecule has 23 heavy (non-hydrogen) atoms. The zero-order valence-electron chi connectivity index (χ0n) is 13.4. The number of hydrogen-bond acceptors (Lipinski definition) is 4. The third kappa shape index (κ3) is 3.59. The second-order valence-electron chi connectivity index (χ2n) is 5.22. The van der Waals surface area contributed by atoms with E-state index in [0.29, 0.717) is 30.1 Å². The molecule has 2 amide bonds. The fourth-order valence-electron chi connectivity index (χ4n) is 2.45. The minimum absolute atomic E-state index is 0.00554. The summed E-state index contributed by atoms with van der Waals surface area (Å²) in [5, 5.41) is 0. The molecule has 0 spiro atoms. The number of ether oxygens (including phenoxy) is 1. The molecule has 0 saturated heterocycles. The van der Waals surface area contributed by atoms with E-state index in [1.807, 2.05) is 6.92 Å². The summed E-state index contributed by atoms with van der Waals surface area (Å²) in [4.78, 5) is 38.8. The molecule has 1 aliphatic rings. The first-order chi connectivity index (χ1) is 11.0. The Morgan fingerprint density at radius 2 is 2.17 bits per heavy atom. The number of amides is 2. The van der Waals surface area contributed by atoms with Gasteiger partial charge in [0.15, 0.2) is 12.4 Å². The van der Waals surface area contributed by atoms with Gasteiger partial charge in [-0.3, -0.25) is 14.4 Å². The van der Waals surface area contributed by atoms with Crippen LogP contribution >= 0.6 is 0 Å². The highest BCUT2D eigenvalue weighted by Crippen LogP contribution is 2.32. The quantitative estimate of drug-likeness (QED) is 0.591. The van der Waals surface area contributed by atoms with Crippen LogP contribution in [0.4, 0.5) is 5.69 Å². The summed E-state index contributed by atoms with van der Waals surface area (Å²) in [6.07, 6.45) is 1.58. The first-order valence-electron chi connectivity index (χ1n) is 7.44. The first kappa shape index (κ1) is 16.7. The second kappa shape index (κ2) is 7.09. The average molecular weight is 316 g/mol. The SMILES string of the molecule is C=CCN(CC(=O)c1ccc2c(c1)N(CC)C(=O)CO2)C(C)=O. The number of ketones is 1. The number of Topliss-reactive ketones (excluding diaryl/α,β-unsaturated/α-hetero) is 1. The lowest BCUT2D eigenvalue weighted by molar-refractivity contribution is -0.127. The Kier molecular flexibility index (Phi) is 5.16. The van der Waals surface area contributed by atoms with Gasteiger partial charge in [-0.25, -0.2) is 0 Å². The summed E-state index contributed by atoms with van der Waals surface area (Å²) in [6, 6.07) is 4.98. The predicted octanol–water partition coefficient (Wildman–Crippen LogP) is 1.65. The fourth-order valence-corrected chi connectivity index (χ4v) is 2.45. The summed E-state index contributed by atoms with van der Waals surface area (Å²) in [7, 11) is 0. The first-order valence-corrected chi connectivity index (χ1v) is 7.44. The molecular formula is C17H20N2O4. The zero-order chi connectivity index (χ0) is 17.0. The van der Waals surface area contributed by atoms with E-state index >= 15 is 0 Å². The van der Waals surface area contributed by atoms with Crippen LogP contribution in [0.25, 0.3) is 0 Å². The molecule has 0 aliphatic carbocycles. The smallest absolute Gasteiger partial charge is 0.265 e. The Hall–Kier alpha value is -2.63. The van der Waals surface area contributed by atoms with Crippen molar-refractivity contribution in [2.75, 3.05) is 31.1 Å². The third-order valence-corrected chi connectivity index (χ3v) is 3.67. The van der Waals surface area contributed by atoms with Gasteiger partial charge in [-0.1, -0.05) is 6.08 Å². The van der Waals surface area contributed by atoms with Crippen LogP contribution in [0.2, 0.25) is 0 Å². The highest BCUT2D eigenvalue weighted by Gasteiger charge is 2.25. The second-order valence-corrected chi connectivity index (χ2v) is 5.22. The summed E-state index contributed by atoms with van der Waals surface area (Å²) in [5.74, 6) is 0.0583. The van der Waals surface area contributed by atoms with Crippen molar-refractivity contribution < 1.29 is 19.1 Å². The van der Waals surface area contributed by atoms with Crippen LogP contribution in [-0.4, -0.2) is 48.7 Å². The highest BCUT2D eigenvalue weighted by molar-refractivity contribution is 6.03. The van der Waals surface area contributed by atoms with Gasteiger partial charge in [-0.05, 0) is 25.1 Å². The molecule has 0 saturated carbocycles. The summed E-state index contributed by atoms with van der Waals surface area (Å²) in [5.41, 5.74) is 1.03. The monoisotopic (exact) mass is 316 g/mol. The van der Waals surface area contributed by atoms with Crippen molar-refractivity contribution in [3.8, 4) is 5.75 Å². The number of fused-ring (bicyclic) bond motifs is 1. The lowest BCUT2D eigenvalue weighted by atomic mass is 10.1. The Bertz CT molecular complexity index is 654. The number of anilines is 1. The van der Waals surface area contributed by atoms with Gasteiger partial charge >= 0.3 is 0 Å². The van der Waals surface area contributed by atoms with Crippen molar-refractivity contribution in [2.24, 2.45) is 0 Å². The Morgan fingerprint density at radius 3 is 2.78 bits per heavy atom. The molecule has 0 fully saturated rings. The summed E-state index contributed by atoms with van der Waals surface area (Å²) in [6.45, 7) is 7.66. The molecule has 0 atom stereocenters. The summed E-state index contributed by atoms with van der Waals surface area (Å²) >= 11 is 0. The minimum atomic E-state index is -0.195. The predicted molar refractivity (Wildman–Crippen MR) is 86.7 cm³/mol. The van der Waals surface area contributed by atoms with Gasteiger partial charge in [-0.2, -0.15) is 0 Å². The number of carbonyl (C=O) groups excluding carboxylic acids is 3. The maximum atomic E-state index is 12.4. The molecule has 6 nitrogen and oxygen atoms in total. The van der Waals surface area contributed by atoms with Crippen molar-refractivity contribution in [1.82, 2.24) is 4.90 Å². The van der Waals surface area contributed by atoms with E-state index in [1.54, 1.807) is 29.2 Å². The lowest BCUT2D eigenvalue weighted by Crippen LogP contribution is -2.39. The van der Waals surface area contributed by atoms with Crippen LogP contribution < -0.4 is 9.64 Å². The van der Waals surface area contributed by atoms with Crippen molar-refractivity contribution in [3.05, 3.63) is 36.4 Å².